The molecule has 4 saturated carbocycles. The maximum atomic E-state index is 9.46. The van der Waals surface area contributed by atoms with Crippen LogP contribution in [-0.4, -0.2) is 23.9 Å². The molecule has 0 aromatic rings. The quantitative estimate of drug-likeness (QED) is 0.354. The Kier molecular flexibility index (Phi) is 7.49. The van der Waals surface area contributed by atoms with Gasteiger partial charge < -0.3 is 9.84 Å². The lowest BCUT2D eigenvalue weighted by Gasteiger charge is -2.58. The van der Waals surface area contributed by atoms with Gasteiger partial charge in [-0.2, -0.15) is 0 Å². The monoisotopic (exact) mass is 458 g/mol. The van der Waals surface area contributed by atoms with Crippen LogP contribution in [0.2, 0.25) is 0 Å². The molecule has 0 heterocycles. The summed E-state index contributed by atoms with van der Waals surface area (Å²) >= 11 is 0. The van der Waals surface area contributed by atoms with Crippen LogP contribution >= 0.6 is 0 Å². The Balaban J connectivity index is 1.50. The maximum absolute atomic E-state index is 9.46. The number of rotatable bonds is 9. The first-order chi connectivity index (χ1) is 15.6. The van der Waals surface area contributed by atoms with Crippen molar-refractivity contribution < 1.29 is 9.84 Å². The third kappa shape index (κ3) is 4.39. The minimum Gasteiger partial charge on any atom is -0.394 e. The summed E-state index contributed by atoms with van der Waals surface area (Å²) in [5, 5.41) is 9.46. The second-order valence-electron chi connectivity index (χ2n) is 13.9. The van der Waals surface area contributed by atoms with Gasteiger partial charge in [0.2, 0.25) is 0 Å². The molecule has 4 rings (SSSR count). The van der Waals surface area contributed by atoms with E-state index in [1.165, 1.54) is 63.4 Å². The van der Waals surface area contributed by atoms with E-state index < -0.39 is 0 Å². The minimum absolute atomic E-state index is 0.111. The van der Waals surface area contributed by atoms with Crippen molar-refractivity contribution in [1.82, 2.24) is 0 Å². The molecule has 0 saturated heterocycles. The molecule has 0 bridgehead atoms. The van der Waals surface area contributed by atoms with Crippen LogP contribution in [0.5, 0.6) is 0 Å². The van der Waals surface area contributed by atoms with Crippen molar-refractivity contribution in [3.05, 3.63) is 12.2 Å². The zero-order chi connectivity index (χ0) is 24.0. The predicted octanol–water partition coefficient (Wildman–Crippen LogP) is 8.04. The van der Waals surface area contributed by atoms with Crippen molar-refractivity contribution in [2.75, 3.05) is 13.2 Å². The van der Waals surface area contributed by atoms with Crippen molar-refractivity contribution in [2.24, 2.45) is 52.3 Å². The van der Waals surface area contributed by atoms with Crippen LogP contribution in [0, 0.1) is 52.3 Å². The molecule has 2 heteroatoms. The number of fused-ring (bicyclic) bond motifs is 5. The Hall–Kier alpha value is -0.340. The van der Waals surface area contributed by atoms with E-state index in [4.69, 9.17) is 4.74 Å². The van der Waals surface area contributed by atoms with Crippen LogP contribution in [-0.2, 0) is 4.74 Å². The first-order valence-corrected chi connectivity index (χ1v) is 14.5. The lowest BCUT2D eigenvalue weighted by molar-refractivity contribution is -0.0953. The Bertz CT molecular complexity index is 699. The third-order valence-electron chi connectivity index (χ3n) is 11.8. The molecule has 4 aliphatic rings. The highest BCUT2D eigenvalue weighted by molar-refractivity contribution is 5.21. The molecule has 9 atom stereocenters. The largest absolute Gasteiger partial charge is 0.394 e. The van der Waals surface area contributed by atoms with Gasteiger partial charge in [0.1, 0.15) is 0 Å². The molecule has 1 N–H and O–H groups in total. The van der Waals surface area contributed by atoms with Crippen LogP contribution in [0.15, 0.2) is 12.2 Å². The van der Waals surface area contributed by atoms with E-state index in [1.54, 1.807) is 0 Å². The summed E-state index contributed by atoms with van der Waals surface area (Å²) < 4.78 is 6.40. The number of ether oxygens (including phenoxy) is 1. The smallest absolute Gasteiger partial charge is 0.0895 e. The molecule has 4 aliphatic carbocycles. The summed E-state index contributed by atoms with van der Waals surface area (Å²) in [6, 6.07) is 0. The Morgan fingerprint density at radius 2 is 1.73 bits per heavy atom. The molecule has 0 aromatic heterocycles. The van der Waals surface area contributed by atoms with E-state index >= 15 is 0 Å². The number of aliphatic hydroxyl groups is 1. The highest BCUT2D eigenvalue weighted by Gasteiger charge is 2.64. The first kappa shape index (κ1) is 25.7. The van der Waals surface area contributed by atoms with Gasteiger partial charge in [-0.25, -0.2) is 0 Å². The van der Waals surface area contributed by atoms with Gasteiger partial charge in [-0.3, -0.25) is 0 Å². The van der Waals surface area contributed by atoms with Gasteiger partial charge in [0, 0.05) is 0 Å². The van der Waals surface area contributed by atoms with Crippen molar-refractivity contribution >= 4 is 0 Å². The topological polar surface area (TPSA) is 29.5 Å². The summed E-state index contributed by atoms with van der Waals surface area (Å²) in [4.78, 5) is 0. The molecule has 0 unspecified atom stereocenters. The summed E-state index contributed by atoms with van der Waals surface area (Å²) in [6.07, 6.45) is 15.1. The molecule has 33 heavy (non-hydrogen) atoms. The van der Waals surface area contributed by atoms with Gasteiger partial charge in [-0.05, 0) is 116 Å². The van der Waals surface area contributed by atoms with E-state index in [0.717, 1.165) is 54.3 Å². The van der Waals surface area contributed by atoms with E-state index in [0.29, 0.717) is 17.4 Å². The molecular formula is C31H54O2. The maximum Gasteiger partial charge on any atom is 0.0895 e. The summed E-state index contributed by atoms with van der Waals surface area (Å²) in [5.41, 5.74) is 1.92. The second-order valence-corrected chi connectivity index (χ2v) is 13.9. The van der Waals surface area contributed by atoms with Crippen molar-refractivity contribution in [2.45, 2.75) is 118 Å². The highest BCUT2D eigenvalue weighted by atomic mass is 16.5. The fourth-order valence-corrected chi connectivity index (χ4v) is 10.1. The molecular weight excluding hydrogens is 404 g/mol. The standard InChI is InChI=1S/C31H54O2/c1-21(2)9-8-10-23(5)26-13-14-27-25-12-11-24-19-31(22(3)4,33-18-17-32)20-30(24,7)28(25)15-16-29(26,27)6/h21,23-28,32H,3,8-20H2,1-2,4-7H3/t23-,24+,25+,26-,27+,28+,29-,30+,31-/m1/s1. The minimum atomic E-state index is -0.207. The fraction of sp³-hybridized carbons (Fsp3) is 0.935. The lowest BCUT2D eigenvalue weighted by Crippen LogP contribution is -2.51. The van der Waals surface area contributed by atoms with E-state index in [2.05, 4.69) is 48.1 Å². The molecule has 0 aromatic carbocycles. The molecule has 0 radical (unpaired) electrons. The van der Waals surface area contributed by atoms with Gasteiger partial charge in [0.25, 0.3) is 0 Å². The molecule has 4 fully saturated rings. The zero-order valence-corrected chi connectivity index (χ0v) is 22.8. The predicted molar refractivity (Wildman–Crippen MR) is 139 cm³/mol. The third-order valence-corrected chi connectivity index (χ3v) is 11.8. The van der Waals surface area contributed by atoms with E-state index in [1.807, 2.05) is 0 Å². The second kappa shape index (κ2) is 9.61. The molecule has 190 valence electrons. The summed E-state index contributed by atoms with van der Waals surface area (Å²) in [7, 11) is 0. The van der Waals surface area contributed by atoms with Crippen molar-refractivity contribution in [3.8, 4) is 0 Å². The number of hydrogen-bond acceptors (Lipinski definition) is 2. The molecule has 2 nitrogen and oxygen atoms in total. The zero-order valence-electron chi connectivity index (χ0n) is 22.8. The number of hydrogen-bond donors (Lipinski definition) is 1. The Morgan fingerprint density at radius 3 is 2.39 bits per heavy atom. The van der Waals surface area contributed by atoms with Gasteiger partial charge >= 0.3 is 0 Å². The summed E-state index contributed by atoms with van der Waals surface area (Å²) in [5.74, 6) is 6.12. The Labute approximate surface area is 205 Å². The van der Waals surface area contributed by atoms with Gasteiger partial charge in [-0.15, -0.1) is 0 Å². The van der Waals surface area contributed by atoms with Crippen LogP contribution in [0.4, 0.5) is 0 Å². The van der Waals surface area contributed by atoms with Gasteiger partial charge in [0.15, 0.2) is 0 Å². The SMILES string of the molecule is C=C(C)[C@@]1(OCCO)C[C@@H]2CC[C@@H]3[C@H](CC[C@]4(C)[C@@H]([C@H](C)CCCC(C)C)CC[C@@H]34)[C@@]2(C)C1. The van der Waals surface area contributed by atoms with Gasteiger partial charge in [0.05, 0.1) is 18.8 Å². The van der Waals surface area contributed by atoms with E-state index in [9.17, 15) is 5.11 Å². The van der Waals surface area contributed by atoms with Crippen LogP contribution in [0.25, 0.3) is 0 Å². The average molecular weight is 459 g/mol. The fourth-order valence-electron chi connectivity index (χ4n) is 10.1. The normalized spacial score (nSPS) is 45.5. The first-order valence-electron chi connectivity index (χ1n) is 14.5. The average Bonchev–Trinajstić information content (AvgIpc) is 3.26. The van der Waals surface area contributed by atoms with Gasteiger partial charge in [-0.1, -0.05) is 60.5 Å². The van der Waals surface area contributed by atoms with Crippen LogP contribution in [0.1, 0.15) is 112 Å². The lowest BCUT2D eigenvalue weighted by atomic mass is 9.47. The van der Waals surface area contributed by atoms with Crippen LogP contribution < -0.4 is 0 Å². The highest BCUT2D eigenvalue weighted by Crippen LogP contribution is 2.70. The van der Waals surface area contributed by atoms with Crippen molar-refractivity contribution in [3.63, 3.8) is 0 Å². The molecule has 0 amide bonds. The van der Waals surface area contributed by atoms with Crippen molar-refractivity contribution in [1.29, 1.82) is 0 Å². The Morgan fingerprint density at radius 1 is 1.00 bits per heavy atom. The van der Waals surface area contributed by atoms with E-state index in [-0.39, 0.29) is 12.2 Å². The summed E-state index contributed by atoms with van der Waals surface area (Å²) in [6.45, 7) is 19.7. The molecule has 0 aliphatic heterocycles. The number of aliphatic hydroxyl groups excluding tert-OH is 1. The molecule has 0 spiro atoms. The van der Waals surface area contributed by atoms with Crippen LogP contribution in [0.3, 0.4) is 0 Å².